The number of benzene rings is 1. The van der Waals surface area contributed by atoms with E-state index in [9.17, 15) is 9.18 Å². The summed E-state index contributed by atoms with van der Waals surface area (Å²) in [4.78, 5) is 15.0. The van der Waals surface area contributed by atoms with E-state index in [1.165, 1.54) is 6.07 Å². The predicted octanol–water partition coefficient (Wildman–Crippen LogP) is 2.60. The van der Waals surface area contributed by atoms with Crippen molar-refractivity contribution in [1.82, 2.24) is 10.2 Å². The van der Waals surface area contributed by atoms with E-state index in [0.29, 0.717) is 12.3 Å². The fraction of sp³-hybridized carbons (Fsp3) is 0.611. The molecule has 120 valence electrons. The molecule has 0 spiro atoms. The van der Waals surface area contributed by atoms with Gasteiger partial charge in [0.25, 0.3) is 0 Å². The highest BCUT2D eigenvalue weighted by molar-refractivity contribution is 5.85. The van der Waals surface area contributed by atoms with E-state index in [1.54, 1.807) is 12.1 Å². The molecule has 2 aliphatic rings. The number of piperidine rings is 1. The number of carbonyl (C=O) groups is 1. The van der Waals surface area contributed by atoms with Crippen LogP contribution < -0.4 is 5.32 Å². The van der Waals surface area contributed by atoms with Crippen LogP contribution in [0.15, 0.2) is 24.3 Å². The maximum Gasteiger partial charge on any atom is 0.226 e. The van der Waals surface area contributed by atoms with Gasteiger partial charge in [-0.2, -0.15) is 0 Å². The lowest BCUT2D eigenvalue weighted by atomic mass is 9.91. The number of rotatable bonds is 4. The van der Waals surface area contributed by atoms with Gasteiger partial charge in [0, 0.05) is 12.6 Å². The summed E-state index contributed by atoms with van der Waals surface area (Å²) in [6.07, 6.45) is 3.49. The van der Waals surface area contributed by atoms with Gasteiger partial charge >= 0.3 is 0 Å². The maximum atomic E-state index is 13.3. The van der Waals surface area contributed by atoms with Crippen LogP contribution in [-0.4, -0.2) is 37.0 Å². The average molecular weight is 304 g/mol. The summed E-state index contributed by atoms with van der Waals surface area (Å²) in [5.41, 5.74) is 0.626. The van der Waals surface area contributed by atoms with Crippen molar-refractivity contribution in [2.75, 3.05) is 20.1 Å². The van der Waals surface area contributed by atoms with Crippen LogP contribution in [0.1, 0.15) is 31.7 Å². The Morgan fingerprint density at radius 2 is 2.23 bits per heavy atom. The smallest absolute Gasteiger partial charge is 0.226 e. The normalized spacial score (nSPS) is 27.4. The SMILES string of the molecule is C[C@@H]1CN(C)CC[C@H]1NC(=O)C1(Cc2cccc(F)c2)CC1. The van der Waals surface area contributed by atoms with E-state index in [2.05, 4.69) is 24.2 Å². The Morgan fingerprint density at radius 3 is 2.86 bits per heavy atom. The van der Waals surface area contributed by atoms with Crippen molar-refractivity contribution in [2.45, 2.75) is 38.6 Å². The molecule has 4 heteroatoms. The molecule has 0 radical (unpaired) electrons. The van der Waals surface area contributed by atoms with Crippen molar-refractivity contribution in [2.24, 2.45) is 11.3 Å². The van der Waals surface area contributed by atoms with Crippen molar-refractivity contribution < 1.29 is 9.18 Å². The van der Waals surface area contributed by atoms with Crippen LogP contribution in [0, 0.1) is 17.2 Å². The van der Waals surface area contributed by atoms with Gasteiger partial charge in [0.15, 0.2) is 0 Å². The topological polar surface area (TPSA) is 32.3 Å². The van der Waals surface area contributed by atoms with Gasteiger partial charge in [0.05, 0.1) is 5.41 Å². The second-order valence-electron chi connectivity index (χ2n) is 7.20. The number of carbonyl (C=O) groups excluding carboxylic acids is 1. The summed E-state index contributed by atoms with van der Waals surface area (Å²) in [7, 11) is 2.13. The fourth-order valence-corrected chi connectivity index (χ4v) is 3.56. The highest BCUT2D eigenvalue weighted by atomic mass is 19.1. The first-order valence-electron chi connectivity index (χ1n) is 8.22. The zero-order chi connectivity index (χ0) is 15.7. The zero-order valence-corrected chi connectivity index (χ0v) is 13.4. The molecule has 2 fully saturated rings. The van der Waals surface area contributed by atoms with Gasteiger partial charge < -0.3 is 10.2 Å². The molecule has 2 atom stereocenters. The van der Waals surface area contributed by atoms with Crippen LogP contribution in [0.5, 0.6) is 0 Å². The van der Waals surface area contributed by atoms with E-state index in [-0.39, 0.29) is 23.2 Å². The number of nitrogens with zero attached hydrogens (tertiary/aromatic N) is 1. The minimum Gasteiger partial charge on any atom is -0.353 e. The van der Waals surface area contributed by atoms with Crippen molar-refractivity contribution in [1.29, 1.82) is 0 Å². The van der Waals surface area contributed by atoms with E-state index < -0.39 is 0 Å². The molecule has 0 aromatic heterocycles. The second kappa shape index (κ2) is 5.99. The third kappa shape index (κ3) is 3.32. The van der Waals surface area contributed by atoms with E-state index >= 15 is 0 Å². The molecule has 1 aliphatic carbocycles. The lowest BCUT2D eigenvalue weighted by Gasteiger charge is -2.36. The molecule has 1 saturated carbocycles. The molecule has 1 heterocycles. The van der Waals surface area contributed by atoms with Gasteiger partial charge in [-0.25, -0.2) is 4.39 Å². The Balaban J connectivity index is 1.62. The standard InChI is InChI=1S/C18H25FN2O/c1-13-12-21(2)9-6-16(13)20-17(22)18(7-8-18)11-14-4-3-5-15(19)10-14/h3-5,10,13,16H,6-9,11-12H2,1-2H3,(H,20,22)/t13-,16-/m1/s1. The van der Waals surface area contributed by atoms with Crippen LogP contribution >= 0.6 is 0 Å². The predicted molar refractivity (Wildman–Crippen MR) is 85.0 cm³/mol. The number of amides is 1. The van der Waals surface area contributed by atoms with Crippen molar-refractivity contribution in [3.63, 3.8) is 0 Å². The third-order valence-corrected chi connectivity index (χ3v) is 5.19. The summed E-state index contributed by atoms with van der Waals surface area (Å²) >= 11 is 0. The number of hydrogen-bond donors (Lipinski definition) is 1. The van der Waals surface area contributed by atoms with Gasteiger partial charge in [0.1, 0.15) is 5.82 Å². The largest absolute Gasteiger partial charge is 0.353 e. The molecule has 1 N–H and O–H groups in total. The molecule has 3 rings (SSSR count). The van der Waals surface area contributed by atoms with E-state index in [1.807, 2.05) is 6.07 Å². The molecule has 0 unspecified atom stereocenters. The fourth-order valence-electron chi connectivity index (χ4n) is 3.56. The van der Waals surface area contributed by atoms with E-state index in [0.717, 1.165) is 37.9 Å². The van der Waals surface area contributed by atoms with Crippen LogP contribution in [0.25, 0.3) is 0 Å². The van der Waals surface area contributed by atoms with Crippen molar-refractivity contribution in [3.05, 3.63) is 35.6 Å². The number of hydrogen-bond acceptors (Lipinski definition) is 2. The molecule has 3 nitrogen and oxygen atoms in total. The van der Waals surface area contributed by atoms with Crippen LogP contribution in [0.2, 0.25) is 0 Å². The Labute approximate surface area is 131 Å². The van der Waals surface area contributed by atoms with Crippen molar-refractivity contribution in [3.8, 4) is 0 Å². The first-order valence-corrected chi connectivity index (χ1v) is 8.22. The highest BCUT2D eigenvalue weighted by Crippen LogP contribution is 2.49. The molecule has 1 amide bonds. The second-order valence-corrected chi connectivity index (χ2v) is 7.20. The van der Waals surface area contributed by atoms with Crippen LogP contribution in [-0.2, 0) is 11.2 Å². The monoisotopic (exact) mass is 304 g/mol. The Kier molecular flexibility index (Phi) is 4.22. The average Bonchev–Trinajstić information content (AvgIpc) is 3.23. The van der Waals surface area contributed by atoms with Gasteiger partial charge in [-0.05, 0) is 62.9 Å². The van der Waals surface area contributed by atoms with Gasteiger partial charge in [-0.1, -0.05) is 19.1 Å². The minimum absolute atomic E-state index is 0.165. The molecular weight excluding hydrogens is 279 g/mol. The van der Waals surface area contributed by atoms with Crippen molar-refractivity contribution >= 4 is 5.91 Å². The Bertz CT molecular complexity index is 556. The summed E-state index contributed by atoms with van der Waals surface area (Å²) in [6.45, 7) is 4.26. The lowest BCUT2D eigenvalue weighted by Crippen LogP contribution is -2.50. The third-order valence-electron chi connectivity index (χ3n) is 5.19. The maximum absolute atomic E-state index is 13.3. The number of halogens is 1. The zero-order valence-electron chi connectivity index (χ0n) is 13.4. The van der Waals surface area contributed by atoms with Gasteiger partial charge in [-0.15, -0.1) is 0 Å². The Morgan fingerprint density at radius 1 is 1.45 bits per heavy atom. The number of nitrogens with one attached hydrogen (secondary N) is 1. The summed E-state index contributed by atoms with van der Waals surface area (Å²) in [5.74, 6) is 0.420. The van der Waals surface area contributed by atoms with Gasteiger partial charge in [-0.3, -0.25) is 4.79 Å². The van der Waals surface area contributed by atoms with E-state index in [4.69, 9.17) is 0 Å². The van der Waals surface area contributed by atoms with Gasteiger partial charge in [0.2, 0.25) is 5.91 Å². The molecule has 1 aliphatic heterocycles. The molecule has 22 heavy (non-hydrogen) atoms. The summed E-state index contributed by atoms with van der Waals surface area (Å²) < 4.78 is 13.3. The van der Waals surface area contributed by atoms with Crippen LogP contribution in [0.3, 0.4) is 0 Å². The lowest BCUT2D eigenvalue weighted by molar-refractivity contribution is -0.127. The molecule has 1 saturated heterocycles. The Hall–Kier alpha value is -1.42. The highest BCUT2D eigenvalue weighted by Gasteiger charge is 2.50. The molecule has 0 bridgehead atoms. The molecule has 1 aromatic rings. The minimum atomic E-state index is -0.295. The molecular formula is C18H25FN2O. The first-order chi connectivity index (χ1) is 10.5. The quantitative estimate of drug-likeness (QED) is 0.927. The molecule has 1 aromatic carbocycles. The summed E-state index contributed by atoms with van der Waals surface area (Å²) in [6, 6.07) is 6.90. The van der Waals surface area contributed by atoms with Crippen LogP contribution in [0.4, 0.5) is 4.39 Å². The first kappa shape index (κ1) is 15.5. The summed E-state index contributed by atoms with van der Waals surface area (Å²) in [5, 5.41) is 3.27. The number of likely N-dealkylation sites (tertiary alicyclic amines) is 1.